The maximum Gasteiger partial charge on any atom is 0.224 e. The van der Waals surface area contributed by atoms with Gasteiger partial charge in [-0.1, -0.05) is 12.1 Å². The Morgan fingerprint density at radius 2 is 2.12 bits per heavy atom. The molecule has 0 aliphatic carbocycles. The van der Waals surface area contributed by atoms with Crippen molar-refractivity contribution in [3.05, 3.63) is 59.7 Å². The van der Waals surface area contributed by atoms with Crippen LogP contribution in [-0.4, -0.2) is 33.2 Å². The van der Waals surface area contributed by atoms with Crippen LogP contribution in [-0.2, 0) is 11.2 Å². The highest BCUT2D eigenvalue weighted by Crippen LogP contribution is 2.20. The second-order valence-electron chi connectivity index (χ2n) is 5.77. The monoisotopic (exact) mass is 355 g/mol. The van der Waals surface area contributed by atoms with Gasteiger partial charge in [-0.3, -0.25) is 4.79 Å². The Balaban J connectivity index is 1.63. The van der Waals surface area contributed by atoms with Crippen molar-refractivity contribution >= 4 is 11.6 Å². The summed E-state index contributed by atoms with van der Waals surface area (Å²) in [6, 6.07) is 10.2. The Morgan fingerprint density at radius 3 is 2.81 bits per heavy atom. The number of methoxy groups -OCH3 is 1. The zero-order valence-electron chi connectivity index (χ0n) is 14.4. The number of nitrogens with one attached hydrogen (secondary N) is 1. The number of aromatic nitrogens is 4. The highest BCUT2D eigenvalue weighted by molar-refractivity contribution is 5.91. The van der Waals surface area contributed by atoms with Gasteiger partial charge in [0.1, 0.15) is 6.33 Å². The predicted octanol–water partition coefficient (Wildman–Crippen LogP) is 2.69. The molecule has 0 saturated heterocycles. The Labute approximate surface area is 149 Å². The summed E-state index contributed by atoms with van der Waals surface area (Å²) >= 11 is 0. The molecular formula is C18H18FN5O2. The summed E-state index contributed by atoms with van der Waals surface area (Å²) in [4.78, 5) is 12.2. The van der Waals surface area contributed by atoms with E-state index in [-0.39, 0.29) is 18.1 Å². The Morgan fingerprint density at radius 1 is 1.27 bits per heavy atom. The maximum absolute atomic E-state index is 13.7. The molecule has 0 aliphatic heterocycles. The number of aryl methyl sites for hydroxylation is 2. The normalized spacial score (nSPS) is 10.6. The number of anilines is 1. The van der Waals surface area contributed by atoms with Gasteiger partial charge in [-0.15, -0.1) is 5.10 Å². The topological polar surface area (TPSA) is 81.9 Å². The lowest BCUT2D eigenvalue weighted by atomic mass is 10.1. The fourth-order valence-electron chi connectivity index (χ4n) is 2.55. The summed E-state index contributed by atoms with van der Waals surface area (Å²) in [7, 11) is 1.41. The smallest absolute Gasteiger partial charge is 0.224 e. The average molecular weight is 355 g/mol. The van der Waals surface area contributed by atoms with Crippen LogP contribution in [0.2, 0.25) is 0 Å². The first-order valence-electron chi connectivity index (χ1n) is 8.03. The molecule has 1 amide bonds. The molecule has 0 radical (unpaired) electrons. The summed E-state index contributed by atoms with van der Waals surface area (Å²) in [5.41, 5.74) is 3.14. The average Bonchev–Trinajstić information content (AvgIpc) is 3.16. The van der Waals surface area contributed by atoms with Gasteiger partial charge in [0.25, 0.3) is 0 Å². The van der Waals surface area contributed by atoms with Crippen molar-refractivity contribution in [2.75, 3.05) is 12.4 Å². The van der Waals surface area contributed by atoms with Crippen molar-refractivity contribution in [1.29, 1.82) is 0 Å². The summed E-state index contributed by atoms with van der Waals surface area (Å²) in [5.74, 6) is -0.407. The molecule has 0 aliphatic rings. The fraction of sp³-hybridized carbons (Fsp3) is 0.222. The van der Waals surface area contributed by atoms with E-state index in [4.69, 9.17) is 4.74 Å². The van der Waals surface area contributed by atoms with Crippen LogP contribution in [0.3, 0.4) is 0 Å². The number of hydrogen-bond donors (Lipinski definition) is 1. The molecule has 26 heavy (non-hydrogen) atoms. The molecule has 134 valence electrons. The molecule has 0 saturated carbocycles. The Hall–Kier alpha value is -3.29. The van der Waals surface area contributed by atoms with E-state index in [1.807, 2.05) is 19.1 Å². The summed E-state index contributed by atoms with van der Waals surface area (Å²) in [6.07, 6.45) is 2.16. The van der Waals surface area contributed by atoms with Crippen LogP contribution >= 0.6 is 0 Å². The van der Waals surface area contributed by atoms with Crippen molar-refractivity contribution in [2.24, 2.45) is 0 Å². The largest absolute Gasteiger partial charge is 0.494 e. The second-order valence-corrected chi connectivity index (χ2v) is 5.77. The molecule has 1 heterocycles. The van der Waals surface area contributed by atoms with Gasteiger partial charge in [-0.2, -0.15) is 0 Å². The van der Waals surface area contributed by atoms with E-state index in [0.717, 1.165) is 16.8 Å². The summed E-state index contributed by atoms with van der Waals surface area (Å²) in [5, 5.41) is 13.9. The minimum Gasteiger partial charge on any atom is -0.494 e. The zero-order valence-corrected chi connectivity index (χ0v) is 14.4. The van der Waals surface area contributed by atoms with Gasteiger partial charge < -0.3 is 10.1 Å². The van der Waals surface area contributed by atoms with Gasteiger partial charge in [0.2, 0.25) is 5.91 Å². The lowest BCUT2D eigenvalue weighted by Crippen LogP contribution is -2.13. The number of hydrogen-bond acceptors (Lipinski definition) is 5. The van der Waals surface area contributed by atoms with Gasteiger partial charge in [0.05, 0.1) is 12.8 Å². The number of amides is 1. The molecule has 0 bridgehead atoms. The zero-order chi connectivity index (χ0) is 18.5. The van der Waals surface area contributed by atoms with Crippen molar-refractivity contribution < 1.29 is 13.9 Å². The Kier molecular flexibility index (Phi) is 5.21. The van der Waals surface area contributed by atoms with Gasteiger partial charge in [0, 0.05) is 12.1 Å². The van der Waals surface area contributed by atoms with Crippen LogP contribution in [0.4, 0.5) is 10.1 Å². The third kappa shape index (κ3) is 4.02. The molecular weight excluding hydrogens is 337 g/mol. The molecule has 3 aromatic rings. The maximum atomic E-state index is 13.7. The minimum atomic E-state index is -0.435. The van der Waals surface area contributed by atoms with Crippen LogP contribution in [0.15, 0.2) is 42.7 Å². The summed E-state index contributed by atoms with van der Waals surface area (Å²) < 4.78 is 20.1. The number of tetrazole rings is 1. The number of nitrogens with zero attached hydrogens (tertiary/aromatic N) is 4. The summed E-state index contributed by atoms with van der Waals surface area (Å²) in [6.45, 7) is 1.93. The molecule has 1 N–H and O–H groups in total. The standard InChI is InChI=1S/C18H18FN5O2/c1-12-3-6-14(10-16(12)24-11-20-22-23-24)21-18(25)8-5-13-4-7-17(26-2)15(19)9-13/h3-4,6-7,9-11H,5,8H2,1-2H3,(H,21,25). The lowest BCUT2D eigenvalue weighted by Gasteiger charge is -2.10. The van der Waals surface area contributed by atoms with Crippen LogP contribution < -0.4 is 10.1 Å². The number of benzene rings is 2. The van der Waals surface area contributed by atoms with Crippen molar-refractivity contribution in [1.82, 2.24) is 20.2 Å². The van der Waals surface area contributed by atoms with E-state index in [0.29, 0.717) is 12.1 Å². The second kappa shape index (κ2) is 7.73. The van der Waals surface area contributed by atoms with E-state index >= 15 is 0 Å². The van der Waals surface area contributed by atoms with E-state index in [2.05, 4.69) is 20.8 Å². The van der Waals surface area contributed by atoms with Crippen molar-refractivity contribution in [2.45, 2.75) is 19.8 Å². The van der Waals surface area contributed by atoms with Crippen molar-refractivity contribution in [3.63, 3.8) is 0 Å². The predicted molar refractivity (Wildman–Crippen MR) is 93.8 cm³/mol. The molecule has 1 aromatic heterocycles. The van der Waals surface area contributed by atoms with E-state index in [9.17, 15) is 9.18 Å². The Bertz CT molecular complexity index is 912. The first-order chi connectivity index (χ1) is 12.6. The number of rotatable bonds is 6. The molecule has 2 aromatic carbocycles. The van der Waals surface area contributed by atoms with Gasteiger partial charge >= 0.3 is 0 Å². The highest BCUT2D eigenvalue weighted by atomic mass is 19.1. The highest BCUT2D eigenvalue weighted by Gasteiger charge is 2.09. The molecule has 7 nitrogen and oxygen atoms in total. The molecule has 8 heteroatoms. The van der Waals surface area contributed by atoms with Crippen LogP contribution in [0.5, 0.6) is 5.75 Å². The third-order valence-corrected chi connectivity index (χ3v) is 3.95. The number of carbonyl (C=O) groups is 1. The molecule has 0 spiro atoms. The molecule has 3 rings (SSSR count). The molecule has 0 unspecified atom stereocenters. The van der Waals surface area contributed by atoms with Gasteiger partial charge in [-0.05, 0) is 59.2 Å². The van der Waals surface area contributed by atoms with E-state index in [1.165, 1.54) is 24.2 Å². The van der Waals surface area contributed by atoms with Crippen LogP contribution in [0, 0.1) is 12.7 Å². The number of halogens is 1. The first kappa shape index (κ1) is 17.5. The third-order valence-electron chi connectivity index (χ3n) is 3.95. The van der Waals surface area contributed by atoms with Crippen molar-refractivity contribution in [3.8, 4) is 11.4 Å². The van der Waals surface area contributed by atoms with Gasteiger partial charge in [0.15, 0.2) is 11.6 Å². The van der Waals surface area contributed by atoms with Crippen LogP contribution in [0.25, 0.3) is 5.69 Å². The lowest BCUT2D eigenvalue weighted by molar-refractivity contribution is -0.116. The quantitative estimate of drug-likeness (QED) is 0.735. The number of carbonyl (C=O) groups excluding carboxylic acids is 1. The van der Waals surface area contributed by atoms with E-state index < -0.39 is 5.82 Å². The SMILES string of the molecule is COc1ccc(CCC(=O)Nc2ccc(C)c(-n3cnnn3)c2)cc1F. The number of ether oxygens (including phenoxy) is 1. The molecule has 0 fully saturated rings. The first-order valence-corrected chi connectivity index (χ1v) is 8.03. The van der Waals surface area contributed by atoms with E-state index in [1.54, 1.807) is 18.2 Å². The fourth-order valence-corrected chi connectivity index (χ4v) is 2.55. The molecule has 0 atom stereocenters. The van der Waals surface area contributed by atoms with Gasteiger partial charge in [-0.25, -0.2) is 9.07 Å². The van der Waals surface area contributed by atoms with Crippen LogP contribution in [0.1, 0.15) is 17.5 Å². The minimum absolute atomic E-state index is 0.159.